The number of rotatable bonds is 3. The first-order valence-corrected chi connectivity index (χ1v) is 4.96. The van der Waals surface area contributed by atoms with Crippen LogP contribution in [0.2, 0.25) is 0 Å². The number of aromatic nitrogens is 4. The monoisotopic (exact) mass is 219 g/mol. The summed E-state index contributed by atoms with van der Waals surface area (Å²) >= 11 is 0. The quantitative estimate of drug-likeness (QED) is 0.777. The summed E-state index contributed by atoms with van der Waals surface area (Å²) in [5.41, 5.74) is 7.20. The molecule has 0 spiro atoms. The van der Waals surface area contributed by atoms with E-state index in [0.29, 0.717) is 23.8 Å². The average molecular weight is 219 g/mol. The van der Waals surface area contributed by atoms with Gasteiger partial charge in [-0.1, -0.05) is 0 Å². The molecular formula is C10H13N5O. The third-order valence-electron chi connectivity index (χ3n) is 2.30. The highest BCUT2D eigenvalue weighted by Gasteiger charge is 2.13. The van der Waals surface area contributed by atoms with Gasteiger partial charge in [0.05, 0.1) is 12.7 Å². The highest BCUT2D eigenvalue weighted by Crippen LogP contribution is 2.29. The number of nitrogen functional groups attached to an aromatic ring is 1. The van der Waals surface area contributed by atoms with E-state index >= 15 is 0 Å². The maximum absolute atomic E-state index is 5.75. The summed E-state index contributed by atoms with van der Waals surface area (Å²) in [6.45, 7) is 2.67. The van der Waals surface area contributed by atoms with E-state index in [0.717, 1.165) is 5.56 Å². The van der Waals surface area contributed by atoms with E-state index in [-0.39, 0.29) is 0 Å². The van der Waals surface area contributed by atoms with Crippen LogP contribution in [0.15, 0.2) is 18.2 Å². The predicted octanol–water partition coefficient (Wildman–Crippen LogP) is 0.951. The first kappa shape index (κ1) is 10.4. The maximum Gasteiger partial charge on any atom is 0.185 e. The van der Waals surface area contributed by atoms with Gasteiger partial charge in [0.2, 0.25) is 0 Å². The predicted molar refractivity (Wildman–Crippen MR) is 59.9 cm³/mol. The summed E-state index contributed by atoms with van der Waals surface area (Å²) < 4.78 is 6.95. The molecule has 1 heterocycles. The lowest BCUT2D eigenvalue weighted by atomic mass is 10.1. The van der Waals surface area contributed by atoms with Crippen LogP contribution in [-0.2, 0) is 6.54 Å². The second kappa shape index (κ2) is 4.18. The second-order valence-corrected chi connectivity index (χ2v) is 3.28. The lowest BCUT2D eigenvalue weighted by Gasteiger charge is -2.08. The second-order valence-electron chi connectivity index (χ2n) is 3.28. The molecule has 0 aliphatic carbocycles. The lowest BCUT2D eigenvalue weighted by molar-refractivity contribution is 0.416. The molecular weight excluding hydrogens is 206 g/mol. The van der Waals surface area contributed by atoms with Crippen LogP contribution in [-0.4, -0.2) is 27.3 Å². The van der Waals surface area contributed by atoms with E-state index in [4.69, 9.17) is 10.5 Å². The van der Waals surface area contributed by atoms with Gasteiger partial charge in [0.15, 0.2) is 5.82 Å². The summed E-state index contributed by atoms with van der Waals surface area (Å²) in [7, 11) is 1.61. The van der Waals surface area contributed by atoms with Crippen LogP contribution in [0.3, 0.4) is 0 Å². The smallest absolute Gasteiger partial charge is 0.185 e. The van der Waals surface area contributed by atoms with Crippen molar-refractivity contribution in [2.24, 2.45) is 0 Å². The van der Waals surface area contributed by atoms with Crippen molar-refractivity contribution in [3.63, 3.8) is 0 Å². The summed E-state index contributed by atoms with van der Waals surface area (Å²) in [6.07, 6.45) is 0. The number of benzene rings is 1. The van der Waals surface area contributed by atoms with Gasteiger partial charge in [-0.05, 0) is 35.5 Å². The Hall–Kier alpha value is -2.11. The molecule has 0 atom stereocenters. The third-order valence-corrected chi connectivity index (χ3v) is 2.30. The molecule has 0 aliphatic rings. The van der Waals surface area contributed by atoms with Gasteiger partial charge in [0, 0.05) is 12.2 Å². The number of nitrogens with zero attached hydrogens (tertiary/aromatic N) is 4. The highest BCUT2D eigenvalue weighted by atomic mass is 16.5. The van der Waals surface area contributed by atoms with Gasteiger partial charge in [-0.25, -0.2) is 4.68 Å². The zero-order chi connectivity index (χ0) is 11.5. The van der Waals surface area contributed by atoms with E-state index in [1.54, 1.807) is 30.0 Å². The molecule has 0 saturated carbocycles. The molecule has 0 fully saturated rings. The Balaban J connectivity index is 2.58. The van der Waals surface area contributed by atoms with E-state index < -0.39 is 0 Å². The van der Waals surface area contributed by atoms with Gasteiger partial charge < -0.3 is 10.5 Å². The maximum atomic E-state index is 5.75. The topological polar surface area (TPSA) is 78.9 Å². The molecule has 0 amide bonds. The van der Waals surface area contributed by atoms with Crippen LogP contribution in [0.4, 0.5) is 5.69 Å². The van der Waals surface area contributed by atoms with Crippen LogP contribution in [0.1, 0.15) is 6.92 Å². The number of anilines is 1. The molecule has 1 aromatic heterocycles. The summed E-state index contributed by atoms with van der Waals surface area (Å²) in [5, 5.41) is 11.5. The molecule has 0 bridgehead atoms. The third kappa shape index (κ3) is 1.69. The standard InChI is InChI=1S/C10H13N5O/c1-3-15-10(12-13-14-15)8-6-7(11)4-5-9(8)16-2/h4-6H,3,11H2,1-2H3. The normalized spacial score (nSPS) is 10.4. The molecule has 0 radical (unpaired) electrons. The molecule has 0 aliphatic heterocycles. The van der Waals surface area contributed by atoms with Gasteiger partial charge in [0.25, 0.3) is 0 Å². The summed E-state index contributed by atoms with van der Waals surface area (Å²) in [4.78, 5) is 0. The largest absolute Gasteiger partial charge is 0.496 e. The molecule has 2 aromatic rings. The fraction of sp³-hybridized carbons (Fsp3) is 0.300. The molecule has 16 heavy (non-hydrogen) atoms. The van der Waals surface area contributed by atoms with Crippen molar-refractivity contribution in [2.75, 3.05) is 12.8 Å². The Labute approximate surface area is 93.0 Å². The number of hydrogen-bond donors (Lipinski definition) is 1. The van der Waals surface area contributed by atoms with Crippen molar-refractivity contribution >= 4 is 5.69 Å². The van der Waals surface area contributed by atoms with Gasteiger partial charge in [-0.3, -0.25) is 0 Å². The van der Waals surface area contributed by atoms with Crippen molar-refractivity contribution in [2.45, 2.75) is 13.5 Å². The molecule has 6 heteroatoms. The van der Waals surface area contributed by atoms with Crippen LogP contribution in [0.5, 0.6) is 5.75 Å². The minimum atomic E-state index is 0.654. The van der Waals surface area contributed by atoms with Crippen LogP contribution < -0.4 is 10.5 Å². The fourth-order valence-corrected chi connectivity index (χ4v) is 1.51. The molecule has 2 rings (SSSR count). The van der Waals surface area contributed by atoms with Crippen LogP contribution in [0.25, 0.3) is 11.4 Å². The van der Waals surface area contributed by atoms with Crippen molar-refractivity contribution in [3.8, 4) is 17.1 Å². The summed E-state index contributed by atoms with van der Waals surface area (Å²) in [6, 6.07) is 5.39. The first-order valence-electron chi connectivity index (χ1n) is 4.96. The molecule has 84 valence electrons. The molecule has 1 aromatic carbocycles. The minimum Gasteiger partial charge on any atom is -0.496 e. The molecule has 0 unspecified atom stereocenters. The minimum absolute atomic E-state index is 0.654. The number of aryl methyl sites for hydroxylation is 1. The molecule has 2 N–H and O–H groups in total. The number of tetrazole rings is 1. The Morgan fingerprint density at radius 1 is 1.44 bits per heavy atom. The number of methoxy groups -OCH3 is 1. The zero-order valence-electron chi connectivity index (χ0n) is 9.21. The Kier molecular flexibility index (Phi) is 2.72. The van der Waals surface area contributed by atoms with Crippen molar-refractivity contribution in [1.82, 2.24) is 20.2 Å². The molecule has 6 nitrogen and oxygen atoms in total. The van der Waals surface area contributed by atoms with Gasteiger partial charge in [-0.15, -0.1) is 5.10 Å². The zero-order valence-corrected chi connectivity index (χ0v) is 9.21. The van der Waals surface area contributed by atoms with Crippen molar-refractivity contribution in [1.29, 1.82) is 0 Å². The number of nitrogens with two attached hydrogens (primary N) is 1. The Morgan fingerprint density at radius 2 is 2.25 bits per heavy atom. The van der Waals surface area contributed by atoms with Crippen molar-refractivity contribution < 1.29 is 4.74 Å². The van der Waals surface area contributed by atoms with Crippen LogP contribution in [0, 0.1) is 0 Å². The molecule has 0 saturated heterocycles. The number of hydrogen-bond acceptors (Lipinski definition) is 5. The Bertz CT molecular complexity index is 494. The van der Waals surface area contributed by atoms with Crippen molar-refractivity contribution in [3.05, 3.63) is 18.2 Å². The van der Waals surface area contributed by atoms with Crippen LogP contribution >= 0.6 is 0 Å². The lowest BCUT2D eigenvalue weighted by Crippen LogP contribution is -2.01. The van der Waals surface area contributed by atoms with Gasteiger partial charge in [-0.2, -0.15) is 0 Å². The fourth-order valence-electron chi connectivity index (χ4n) is 1.51. The van der Waals surface area contributed by atoms with E-state index in [1.165, 1.54) is 0 Å². The van der Waals surface area contributed by atoms with Gasteiger partial charge in [0.1, 0.15) is 5.75 Å². The number of ether oxygens (including phenoxy) is 1. The van der Waals surface area contributed by atoms with E-state index in [2.05, 4.69) is 15.5 Å². The van der Waals surface area contributed by atoms with E-state index in [9.17, 15) is 0 Å². The first-order chi connectivity index (χ1) is 7.76. The highest BCUT2D eigenvalue weighted by molar-refractivity contribution is 5.68. The van der Waals surface area contributed by atoms with Gasteiger partial charge >= 0.3 is 0 Å². The summed E-state index contributed by atoms with van der Waals surface area (Å²) in [5.74, 6) is 1.37. The Morgan fingerprint density at radius 3 is 2.94 bits per heavy atom. The SMILES string of the molecule is CCn1nnnc1-c1cc(N)ccc1OC. The average Bonchev–Trinajstić information content (AvgIpc) is 2.76. The van der Waals surface area contributed by atoms with E-state index in [1.807, 2.05) is 6.92 Å².